The molecule has 3 heterocycles. The number of fused-ring (bicyclic) bond motifs is 1. The van der Waals surface area contributed by atoms with Gasteiger partial charge < -0.3 is 15.1 Å². The Bertz CT molecular complexity index is 1030. The van der Waals surface area contributed by atoms with E-state index in [2.05, 4.69) is 25.6 Å². The Balaban J connectivity index is 1.38. The molecule has 1 aliphatic rings. The Morgan fingerprint density at radius 1 is 1.07 bits per heavy atom. The van der Waals surface area contributed by atoms with Gasteiger partial charge in [0.25, 0.3) is 0 Å². The van der Waals surface area contributed by atoms with E-state index in [0.717, 1.165) is 12.1 Å². The molecule has 0 atom stereocenters. The van der Waals surface area contributed by atoms with Gasteiger partial charge in [0.1, 0.15) is 6.33 Å². The maximum atomic E-state index is 12.6. The summed E-state index contributed by atoms with van der Waals surface area (Å²) >= 11 is 0. The number of hydrogen-bond acceptors (Lipinski definition) is 6. The van der Waals surface area contributed by atoms with Crippen LogP contribution in [0.4, 0.5) is 29.5 Å². The topological polar surface area (TPSA) is 92.1 Å². The van der Waals surface area contributed by atoms with Crippen molar-refractivity contribution in [1.29, 1.82) is 0 Å². The SMILES string of the molecule is Cn1nnc2c(N3CCN(C(=O)Nc4ccc(C(F)(F)F)cc4)CC3)ncnc21. The molecular formula is C17H17F3N8O. The zero-order valence-corrected chi connectivity index (χ0v) is 15.4. The van der Waals surface area contributed by atoms with Crippen molar-refractivity contribution in [3.05, 3.63) is 36.2 Å². The average Bonchev–Trinajstić information content (AvgIpc) is 3.09. The first-order valence-electron chi connectivity index (χ1n) is 8.81. The third-order valence-electron chi connectivity index (χ3n) is 4.70. The Morgan fingerprint density at radius 3 is 2.41 bits per heavy atom. The van der Waals surface area contributed by atoms with Gasteiger partial charge in [-0.15, -0.1) is 5.10 Å². The fourth-order valence-electron chi connectivity index (χ4n) is 3.14. The minimum atomic E-state index is -4.41. The van der Waals surface area contributed by atoms with Crippen LogP contribution in [0.25, 0.3) is 11.2 Å². The third-order valence-corrected chi connectivity index (χ3v) is 4.70. The van der Waals surface area contributed by atoms with E-state index in [-0.39, 0.29) is 6.03 Å². The summed E-state index contributed by atoms with van der Waals surface area (Å²) in [5, 5.41) is 10.7. The van der Waals surface area contributed by atoms with Gasteiger partial charge in [-0.05, 0) is 24.3 Å². The maximum absolute atomic E-state index is 12.6. The molecule has 2 amide bonds. The quantitative estimate of drug-likeness (QED) is 0.701. The highest BCUT2D eigenvalue weighted by Gasteiger charge is 2.30. The van der Waals surface area contributed by atoms with Crippen molar-refractivity contribution < 1.29 is 18.0 Å². The van der Waals surface area contributed by atoms with Crippen molar-refractivity contribution in [3.63, 3.8) is 0 Å². The standard InChI is InChI=1S/C17H17F3N8O/c1-26-14-13(24-25-26)15(22-10-21-14)27-6-8-28(9-7-27)16(29)23-12-4-2-11(3-5-12)17(18,19)20/h2-5,10H,6-9H2,1H3,(H,23,29). The van der Waals surface area contributed by atoms with Crippen molar-refractivity contribution in [2.24, 2.45) is 7.05 Å². The van der Waals surface area contributed by atoms with Crippen LogP contribution in [-0.2, 0) is 13.2 Å². The van der Waals surface area contributed by atoms with E-state index in [1.807, 2.05) is 4.90 Å². The summed E-state index contributed by atoms with van der Waals surface area (Å²) in [6, 6.07) is 3.99. The minimum Gasteiger partial charge on any atom is -0.351 e. The van der Waals surface area contributed by atoms with Crippen LogP contribution in [0.3, 0.4) is 0 Å². The number of nitrogens with one attached hydrogen (secondary N) is 1. The molecule has 12 heteroatoms. The number of alkyl halides is 3. The highest BCUT2D eigenvalue weighted by molar-refractivity contribution is 5.89. The number of urea groups is 1. The number of anilines is 2. The molecule has 0 spiro atoms. The Labute approximate surface area is 163 Å². The van der Waals surface area contributed by atoms with Gasteiger partial charge in [-0.1, -0.05) is 5.21 Å². The molecule has 4 rings (SSSR count). The van der Waals surface area contributed by atoms with Crippen LogP contribution in [0.1, 0.15) is 5.56 Å². The summed E-state index contributed by atoms with van der Waals surface area (Å²) in [7, 11) is 1.75. The number of carbonyl (C=O) groups is 1. The first-order chi connectivity index (χ1) is 13.8. The first kappa shape index (κ1) is 18.9. The van der Waals surface area contributed by atoms with Crippen LogP contribution in [0.5, 0.6) is 0 Å². The van der Waals surface area contributed by atoms with Gasteiger partial charge in [0.2, 0.25) is 0 Å². The minimum absolute atomic E-state index is 0.308. The number of hydrogen-bond donors (Lipinski definition) is 1. The molecule has 0 radical (unpaired) electrons. The molecule has 1 aliphatic heterocycles. The molecule has 0 bridgehead atoms. The van der Waals surface area contributed by atoms with Gasteiger partial charge in [0.15, 0.2) is 17.0 Å². The number of halogens is 3. The van der Waals surface area contributed by atoms with E-state index in [4.69, 9.17) is 0 Å². The number of rotatable bonds is 2. The number of aryl methyl sites for hydroxylation is 1. The molecule has 0 saturated carbocycles. The summed E-state index contributed by atoms with van der Waals surface area (Å²) in [5.74, 6) is 0.658. The second-order valence-electron chi connectivity index (χ2n) is 6.56. The van der Waals surface area contributed by atoms with E-state index < -0.39 is 11.7 Å². The summed E-state index contributed by atoms with van der Waals surface area (Å²) in [5.41, 5.74) is 0.766. The molecule has 2 aromatic heterocycles. The molecule has 3 aromatic rings. The molecule has 0 unspecified atom stereocenters. The fourth-order valence-corrected chi connectivity index (χ4v) is 3.14. The molecule has 0 aliphatic carbocycles. The van der Waals surface area contributed by atoms with E-state index in [1.54, 1.807) is 16.6 Å². The molecule has 152 valence electrons. The molecule has 1 saturated heterocycles. The van der Waals surface area contributed by atoms with Crippen LogP contribution >= 0.6 is 0 Å². The monoisotopic (exact) mass is 406 g/mol. The Morgan fingerprint density at radius 2 is 1.76 bits per heavy atom. The number of amides is 2. The number of aromatic nitrogens is 5. The second-order valence-corrected chi connectivity index (χ2v) is 6.56. The van der Waals surface area contributed by atoms with Crippen molar-refractivity contribution in [1.82, 2.24) is 29.9 Å². The number of piperazine rings is 1. The van der Waals surface area contributed by atoms with Crippen LogP contribution in [-0.4, -0.2) is 62.1 Å². The fraction of sp³-hybridized carbons (Fsp3) is 0.353. The lowest BCUT2D eigenvalue weighted by atomic mass is 10.2. The predicted octanol–water partition coefficient (Wildman–Crippen LogP) is 2.13. The van der Waals surface area contributed by atoms with Gasteiger partial charge in [0.05, 0.1) is 5.56 Å². The van der Waals surface area contributed by atoms with Crippen molar-refractivity contribution in [2.75, 3.05) is 36.4 Å². The van der Waals surface area contributed by atoms with Crippen LogP contribution in [0.15, 0.2) is 30.6 Å². The lowest BCUT2D eigenvalue weighted by Crippen LogP contribution is -2.50. The van der Waals surface area contributed by atoms with Crippen LogP contribution in [0, 0.1) is 0 Å². The lowest BCUT2D eigenvalue weighted by molar-refractivity contribution is -0.137. The van der Waals surface area contributed by atoms with Gasteiger partial charge in [0, 0.05) is 38.9 Å². The van der Waals surface area contributed by atoms with Gasteiger partial charge >= 0.3 is 12.2 Å². The third kappa shape index (κ3) is 3.77. The first-order valence-corrected chi connectivity index (χ1v) is 8.81. The maximum Gasteiger partial charge on any atom is 0.416 e. The van der Waals surface area contributed by atoms with E-state index >= 15 is 0 Å². The summed E-state index contributed by atoms with van der Waals surface area (Å²) in [6.45, 7) is 1.92. The Hall–Kier alpha value is -3.44. The van der Waals surface area contributed by atoms with Gasteiger partial charge in [-0.25, -0.2) is 19.4 Å². The molecular weight excluding hydrogens is 389 g/mol. The smallest absolute Gasteiger partial charge is 0.351 e. The van der Waals surface area contributed by atoms with Crippen LogP contribution in [0.2, 0.25) is 0 Å². The zero-order valence-electron chi connectivity index (χ0n) is 15.4. The molecule has 1 fully saturated rings. The molecule has 29 heavy (non-hydrogen) atoms. The van der Waals surface area contributed by atoms with Gasteiger partial charge in [-0.3, -0.25) is 0 Å². The second kappa shape index (κ2) is 7.18. The van der Waals surface area contributed by atoms with E-state index in [9.17, 15) is 18.0 Å². The summed E-state index contributed by atoms with van der Waals surface area (Å²) in [4.78, 5) is 24.5. The predicted molar refractivity (Wildman–Crippen MR) is 98.3 cm³/mol. The zero-order chi connectivity index (χ0) is 20.6. The molecule has 1 N–H and O–H groups in total. The van der Waals surface area contributed by atoms with Crippen molar-refractivity contribution in [3.8, 4) is 0 Å². The lowest BCUT2D eigenvalue weighted by Gasteiger charge is -2.35. The number of benzene rings is 1. The van der Waals surface area contributed by atoms with Gasteiger partial charge in [-0.2, -0.15) is 13.2 Å². The number of nitrogens with zero attached hydrogens (tertiary/aromatic N) is 7. The summed E-state index contributed by atoms with van der Waals surface area (Å²) < 4.78 is 39.5. The number of carbonyl (C=O) groups excluding carboxylic acids is 1. The Kier molecular flexibility index (Phi) is 4.68. The highest BCUT2D eigenvalue weighted by atomic mass is 19.4. The average molecular weight is 406 g/mol. The van der Waals surface area contributed by atoms with Crippen molar-refractivity contribution in [2.45, 2.75) is 6.18 Å². The normalized spacial score (nSPS) is 15.0. The van der Waals surface area contributed by atoms with E-state index in [0.29, 0.717) is 48.8 Å². The van der Waals surface area contributed by atoms with Crippen molar-refractivity contribution >= 4 is 28.7 Å². The van der Waals surface area contributed by atoms with Crippen LogP contribution < -0.4 is 10.2 Å². The molecule has 9 nitrogen and oxygen atoms in total. The molecule has 1 aromatic carbocycles. The largest absolute Gasteiger partial charge is 0.416 e. The van der Waals surface area contributed by atoms with E-state index in [1.165, 1.54) is 18.5 Å². The highest BCUT2D eigenvalue weighted by Crippen LogP contribution is 2.30. The summed E-state index contributed by atoms with van der Waals surface area (Å²) in [6.07, 6.45) is -2.96.